The minimum absolute atomic E-state index is 0.193. The molecule has 0 amide bonds. The molecule has 0 bridgehead atoms. The molecule has 0 aliphatic rings. The van der Waals surface area contributed by atoms with Crippen LogP contribution >= 0.6 is 0 Å². The van der Waals surface area contributed by atoms with Crippen molar-refractivity contribution in [1.29, 1.82) is 0 Å². The normalized spacial score (nSPS) is 12.6. The molecule has 2 aromatic rings. The van der Waals surface area contributed by atoms with Crippen LogP contribution in [0, 0.1) is 0 Å². The van der Waals surface area contributed by atoms with Crippen molar-refractivity contribution in [2.24, 2.45) is 0 Å². The molecule has 0 saturated heterocycles. The van der Waals surface area contributed by atoms with Crippen molar-refractivity contribution in [3.05, 3.63) is 24.0 Å². The van der Waals surface area contributed by atoms with Gasteiger partial charge in [-0.2, -0.15) is 4.98 Å². The first-order valence-electron chi connectivity index (χ1n) is 5.59. The lowest BCUT2D eigenvalue weighted by atomic mass is 10.2. The summed E-state index contributed by atoms with van der Waals surface area (Å²) in [5.74, 6) is 0.289. The van der Waals surface area contributed by atoms with Crippen LogP contribution in [0.15, 0.2) is 22.7 Å². The maximum absolute atomic E-state index is 9.40. The molecule has 0 aliphatic carbocycles. The summed E-state index contributed by atoms with van der Waals surface area (Å²) in [6.45, 7) is 4.27. The Kier molecular flexibility index (Phi) is 3.47. The summed E-state index contributed by atoms with van der Waals surface area (Å²) in [5.41, 5.74) is 0.535. The number of nitrogens with zero attached hydrogens (tertiary/aromatic N) is 2. The Balaban J connectivity index is 2.26. The van der Waals surface area contributed by atoms with E-state index in [1.807, 2.05) is 13.8 Å². The third-order valence-electron chi connectivity index (χ3n) is 2.44. The standard InChI is InChI=1S/C12H14N2O4/c1-3-17-7(2)11-13-12(18-14-11)8-4-5-9(15)10(16)6-8/h4-7,15-16H,3H2,1-2H3. The molecular formula is C12H14N2O4. The first kappa shape index (κ1) is 12.4. The lowest BCUT2D eigenvalue weighted by Gasteiger charge is -2.04. The molecule has 0 spiro atoms. The second-order valence-corrected chi connectivity index (χ2v) is 3.76. The van der Waals surface area contributed by atoms with Gasteiger partial charge in [-0.15, -0.1) is 0 Å². The summed E-state index contributed by atoms with van der Waals surface area (Å²) in [6, 6.07) is 4.30. The van der Waals surface area contributed by atoms with Crippen molar-refractivity contribution in [3.63, 3.8) is 0 Å². The van der Waals surface area contributed by atoms with Gasteiger partial charge in [0, 0.05) is 12.2 Å². The zero-order chi connectivity index (χ0) is 13.1. The van der Waals surface area contributed by atoms with Gasteiger partial charge in [0.25, 0.3) is 5.89 Å². The second-order valence-electron chi connectivity index (χ2n) is 3.76. The van der Waals surface area contributed by atoms with Gasteiger partial charge in [-0.1, -0.05) is 5.16 Å². The molecule has 0 fully saturated rings. The van der Waals surface area contributed by atoms with E-state index in [0.29, 0.717) is 18.0 Å². The van der Waals surface area contributed by atoms with Crippen molar-refractivity contribution in [2.45, 2.75) is 20.0 Å². The fourth-order valence-corrected chi connectivity index (χ4v) is 1.50. The topological polar surface area (TPSA) is 88.6 Å². The number of benzene rings is 1. The van der Waals surface area contributed by atoms with Crippen LogP contribution in [0.2, 0.25) is 0 Å². The SMILES string of the molecule is CCOC(C)c1noc(-c2ccc(O)c(O)c2)n1. The molecule has 0 saturated carbocycles. The lowest BCUT2D eigenvalue weighted by Crippen LogP contribution is -2.01. The molecule has 1 aromatic heterocycles. The minimum Gasteiger partial charge on any atom is -0.504 e. The van der Waals surface area contributed by atoms with Crippen molar-refractivity contribution >= 4 is 0 Å². The Morgan fingerprint density at radius 3 is 2.78 bits per heavy atom. The molecule has 18 heavy (non-hydrogen) atoms. The maximum atomic E-state index is 9.40. The van der Waals surface area contributed by atoms with Gasteiger partial charge in [0.1, 0.15) is 6.10 Å². The molecule has 1 aromatic carbocycles. The predicted molar refractivity (Wildman–Crippen MR) is 63.1 cm³/mol. The van der Waals surface area contributed by atoms with Gasteiger partial charge in [-0.3, -0.25) is 0 Å². The average Bonchev–Trinajstić information content (AvgIpc) is 2.82. The average molecular weight is 250 g/mol. The minimum atomic E-state index is -0.252. The lowest BCUT2D eigenvalue weighted by molar-refractivity contribution is 0.0683. The Morgan fingerprint density at radius 2 is 2.11 bits per heavy atom. The van der Waals surface area contributed by atoms with E-state index in [1.165, 1.54) is 12.1 Å². The summed E-state index contributed by atoms with van der Waals surface area (Å²) in [4.78, 5) is 4.17. The van der Waals surface area contributed by atoms with Gasteiger partial charge in [-0.05, 0) is 32.0 Å². The second kappa shape index (κ2) is 5.05. The summed E-state index contributed by atoms with van der Waals surface area (Å²) >= 11 is 0. The zero-order valence-electron chi connectivity index (χ0n) is 10.1. The van der Waals surface area contributed by atoms with Gasteiger partial charge in [0.05, 0.1) is 0 Å². The quantitative estimate of drug-likeness (QED) is 0.809. The highest BCUT2D eigenvalue weighted by Gasteiger charge is 2.15. The van der Waals surface area contributed by atoms with E-state index in [4.69, 9.17) is 9.26 Å². The highest BCUT2D eigenvalue weighted by Crippen LogP contribution is 2.30. The Labute approximate surface area is 104 Å². The molecule has 6 nitrogen and oxygen atoms in total. The summed E-state index contributed by atoms with van der Waals surface area (Å²) in [6.07, 6.45) is -0.252. The first-order chi connectivity index (χ1) is 8.61. The monoisotopic (exact) mass is 250 g/mol. The molecule has 6 heteroatoms. The van der Waals surface area contributed by atoms with E-state index in [9.17, 15) is 10.2 Å². The number of phenolic OH excluding ortho intramolecular Hbond substituents is 2. The zero-order valence-corrected chi connectivity index (χ0v) is 10.1. The molecule has 0 aliphatic heterocycles. The summed E-state index contributed by atoms with van der Waals surface area (Å²) in [7, 11) is 0. The number of hydrogen-bond donors (Lipinski definition) is 2. The van der Waals surface area contributed by atoms with Crippen LogP contribution in [-0.4, -0.2) is 27.0 Å². The maximum Gasteiger partial charge on any atom is 0.258 e. The number of hydrogen-bond acceptors (Lipinski definition) is 6. The number of phenols is 2. The first-order valence-corrected chi connectivity index (χ1v) is 5.59. The number of aromatic nitrogens is 2. The van der Waals surface area contributed by atoms with Crippen LogP contribution in [0.5, 0.6) is 11.5 Å². The van der Waals surface area contributed by atoms with Crippen LogP contribution in [0.1, 0.15) is 25.8 Å². The van der Waals surface area contributed by atoms with Gasteiger partial charge in [0.15, 0.2) is 11.5 Å². The number of ether oxygens (including phenoxy) is 1. The van der Waals surface area contributed by atoms with Crippen molar-refractivity contribution < 1.29 is 19.5 Å². The predicted octanol–water partition coefficient (Wildman–Crippen LogP) is 2.25. The van der Waals surface area contributed by atoms with E-state index >= 15 is 0 Å². The van der Waals surface area contributed by atoms with Gasteiger partial charge in [-0.25, -0.2) is 0 Å². The van der Waals surface area contributed by atoms with Crippen molar-refractivity contribution in [3.8, 4) is 23.0 Å². The van der Waals surface area contributed by atoms with Crippen LogP contribution in [0.3, 0.4) is 0 Å². The summed E-state index contributed by atoms with van der Waals surface area (Å²) < 4.78 is 10.4. The molecule has 2 rings (SSSR count). The van der Waals surface area contributed by atoms with Gasteiger partial charge >= 0.3 is 0 Å². The fraction of sp³-hybridized carbons (Fsp3) is 0.333. The van der Waals surface area contributed by atoms with Crippen LogP contribution in [0.4, 0.5) is 0 Å². The van der Waals surface area contributed by atoms with E-state index in [1.54, 1.807) is 6.07 Å². The third-order valence-corrected chi connectivity index (χ3v) is 2.44. The van der Waals surface area contributed by atoms with E-state index in [-0.39, 0.29) is 23.5 Å². The molecule has 1 heterocycles. The third kappa shape index (κ3) is 2.43. The molecular weight excluding hydrogens is 236 g/mol. The number of aromatic hydroxyl groups is 2. The van der Waals surface area contributed by atoms with E-state index < -0.39 is 0 Å². The van der Waals surface area contributed by atoms with Crippen molar-refractivity contribution in [1.82, 2.24) is 10.1 Å². The Morgan fingerprint density at radius 1 is 1.33 bits per heavy atom. The van der Waals surface area contributed by atoms with Gasteiger partial charge < -0.3 is 19.5 Å². The summed E-state index contributed by atoms with van der Waals surface area (Å²) in [5, 5.41) is 22.4. The molecule has 1 unspecified atom stereocenters. The molecule has 0 radical (unpaired) electrons. The van der Waals surface area contributed by atoms with Crippen LogP contribution in [0.25, 0.3) is 11.5 Å². The Hall–Kier alpha value is -2.08. The largest absolute Gasteiger partial charge is 0.504 e. The van der Waals surface area contributed by atoms with Crippen LogP contribution < -0.4 is 0 Å². The molecule has 1 atom stereocenters. The highest BCUT2D eigenvalue weighted by molar-refractivity contribution is 5.58. The van der Waals surface area contributed by atoms with Crippen molar-refractivity contribution in [2.75, 3.05) is 6.61 Å². The van der Waals surface area contributed by atoms with Gasteiger partial charge in [0.2, 0.25) is 5.82 Å². The fourth-order valence-electron chi connectivity index (χ4n) is 1.50. The molecule has 96 valence electrons. The highest BCUT2D eigenvalue weighted by atomic mass is 16.5. The van der Waals surface area contributed by atoms with Crippen LogP contribution in [-0.2, 0) is 4.74 Å². The van der Waals surface area contributed by atoms with E-state index in [2.05, 4.69) is 10.1 Å². The van der Waals surface area contributed by atoms with E-state index in [0.717, 1.165) is 0 Å². The Bertz CT molecular complexity index is 539. The molecule has 2 N–H and O–H groups in total. The number of rotatable bonds is 4. The smallest absolute Gasteiger partial charge is 0.258 e.